The first-order valence-corrected chi connectivity index (χ1v) is 5.00. The van der Waals surface area contributed by atoms with Crippen LogP contribution in [0.1, 0.15) is 19.4 Å². The van der Waals surface area contributed by atoms with Gasteiger partial charge in [-0.15, -0.1) is 0 Å². The monoisotopic (exact) mass is 249 g/mol. The fourth-order valence-corrected chi connectivity index (χ4v) is 1.28. The van der Waals surface area contributed by atoms with E-state index in [0.717, 1.165) is 0 Å². The molecule has 0 radical (unpaired) electrons. The smallest absolute Gasteiger partial charge is 0.308 e. The van der Waals surface area contributed by atoms with Crippen LogP contribution >= 0.6 is 0 Å². The Kier molecular flexibility index (Phi) is 4.28. The number of hydrogen-bond donors (Lipinski definition) is 0. The van der Waals surface area contributed by atoms with Gasteiger partial charge in [-0.05, 0) is 30.2 Å². The van der Waals surface area contributed by atoms with Gasteiger partial charge < -0.3 is 9.47 Å². The number of azide groups is 1. The highest BCUT2D eigenvalue weighted by Gasteiger charge is 2.11. The van der Waals surface area contributed by atoms with Crippen molar-refractivity contribution in [2.24, 2.45) is 5.11 Å². The Balaban J connectivity index is 3.28. The summed E-state index contributed by atoms with van der Waals surface area (Å²) in [5.41, 5.74) is 9.09. The molecule has 0 heterocycles. The minimum absolute atomic E-state index is 0.0783. The third-order valence-electron chi connectivity index (χ3n) is 1.92. The Bertz CT molecular complexity index is 547. The molecule has 0 atom stereocenters. The molecule has 7 heteroatoms. The predicted octanol–water partition coefficient (Wildman–Crippen LogP) is 2.79. The van der Waals surface area contributed by atoms with Gasteiger partial charge in [0, 0.05) is 18.8 Å². The van der Waals surface area contributed by atoms with Gasteiger partial charge in [-0.2, -0.15) is 0 Å². The van der Waals surface area contributed by atoms with Crippen molar-refractivity contribution in [3.8, 4) is 11.5 Å². The van der Waals surface area contributed by atoms with Crippen LogP contribution in [-0.4, -0.2) is 11.9 Å². The molecule has 18 heavy (non-hydrogen) atoms. The first-order chi connectivity index (χ1) is 8.43. The van der Waals surface area contributed by atoms with Crippen LogP contribution in [-0.2, 0) is 9.59 Å². The van der Waals surface area contributed by atoms with Gasteiger partial charge >= 0.3 is 11.9 Å². The van der Waals surface area contributed by atoms with E-state index in [2.05, 4.69) is 10.0 Å². The molecule has 0 aliphatic carbocycles. The van der Waals surface area contributed by atoms with Crippen molar-refractivity contribution in [1.82, 2.24) is 0 Å². The normalized spacial score (nSPS) is 9.28. The molecule has 0 saturated heterocycles. The Labute approximate surface area is 103 Å². The summed E-state index contributed by atoms with van der Waals surface area (Å²) in [6.07, 6.45) is 0. The largest absolute Gasteiger partial charge is 0.426 e. The van der Waals surface area contributed by atoms with Gasteiger partial charge in [-0.1, -0.05) is 5.11 Å². The van der Waals surface area contributed by atoms with E-state index in [-0.39, 0.29) is 17.2 Å². The lowest BCUT2D eigenvalue weighted by Gasteiger charge is -2.10. The minimum Gasteiger partial charge on any atom is -0.426 e. The topological polar surface area (TPSA) is 101 Å². The summed E-state index contributed by atoms with van der Waals surface area (Å²) < 4.78 is 9.82. The molecule has 0 bridgehead atoms. The zero-order valence-corrected chi connectivity index (χ0v) is 10.1. The van der Waals surface area contributed by atoms with E-state index in [0.29, 0.717) is 5.56 Å². The summed E-state index contributed by atoms with van der Waals surface area (Å²) in [7, 11) is 0. The number of benzene rings is 1. The van der Waals surface area contributed by atoms with Gasteiger partial charge in [0.2, 0.25) is 0 Å². The second-order valence-corrected chi connectivity index (χ2v) is 3.46. The Morgan fingerprint density at radius 1 is 1.17 bits per heavy atom. The van der Waals surface area contributed by atoms with E-state index in [1.54, 1.807) is 6.92 Å². The van der Waals surface area contributed by atoms with E-state index >= 15 is 0 Å². The predicted molar refractivity (Wildman–Crippen MR) is 62.6 cm³/mol. The second kappa shape index (κ2) is 5.70. The summed E-state index contributed by atoms with van der Waals surface area (Å²) >= 11 is 0. The van der Waals surface area contributed by atoms with Crippen molar-refractivity contribution < 1.29 is 19.1 Å². The van der Waals surface area contributed by atoms with Crippen molar-refractivity contribution in [2.75, 3.05) is 0 Å². The maximum atomic E-state index is 10.9. The summed E-state index contributed by atoms with van der Waals surface area (Å²) in [4.78, 5) is 24.4. The molecule has 1 aromatic carbocycles. The molecule has 0 saturated carbocycles. The van der Waals surface area contributed by atoms with E-state index in [1.165, 1.54) is 26.0 Å². The van der Waals surface area contributed by atoms with Crippen molar-refractivity contribution >= 4 is 17.6 Å². The number of esters is 2. The molecule has 0 aliphatic rings. The highest BCUT2D eigenvalue weighted by molar-refractivity contribution is 5.74. The maximum Gasteiger partial charge on any atom is 0.308 e. The lowest BCUT2D eigenvalue weighted by molar-refractivity contribution is -0.133. The van der Waals surface area contributed by atoms with Gasteiger partial charge in [0.25, 0.3) is 0 Å². The summed E-state index contributed by atoms with van der Waals surface area (Å²) in [5, 5.41) is 3.38. The highest BCUT2D eigenvalue weighted by Crippen LogP contribution is 2.35. The number of ether oxygens (including phenoxy) is 2. The number of carbonyl (C=O) groups is 2. The van der Waals surface area contributed by atoms with Crippen molar-refractivity contribution in [1.29, 1.82) is 0 Å². The lowest BCUT2D eigenvalue weighted by Crippen LogP contribution is -2.05. The third kappa shape index (κ3) is 3.50. The van der Waals surface area contributed by atoms with Crippen LogP contribution in [0.15, 0.2) is 17.2 Å². The van der Waals surface area contributed by atoms with E-state index in [9.17, 15) is 9.59 Å². The van der Waals surface area contributed by atoms with Gasteiger partial charge in [0.05, 0.1) is 5.69 Å². The quantitative estimate of drug-likeness (QED) is 0.270. The first kappa shape index (κ1) is 13.5. The molecule has 0 N–H and O–H groups in total. The number of aryl methyl sites for hydroxylation is 1. The molecule has 1 rings (SSSR count). The van der Waals surface area contributed by atoms with Crippen LogP contribution in [0, 0.1) is 6.92 Å². The van der Waals surface area contributed by atoms with Crippen LogP contribution in [0.3, 0.4) is 0 Å². The molecular weight excluding hydrogens is 238 g/mol. The summed E-state index contributed by atoms with van der Waals surface area (Å²) in [6.45, 7) is 4.16. The molecule has 94 valence electrons. The molecule has 0 fully saturated rings. The number of nitrogens with zero attached hydrogens (tertiary/aromatic N) is 3. The SMILES string of the molecule is CC(=O)Oc1cc(N=[N+]=[N-])c(OC(C)=O)cc1C. The van der Waals surface area contributed by atoms with Gasteiger partial charge in [0.15, 0.2) is 0 Å². The van der Waals surface area contributed by atoms with Gasteiger partial charge in [0.1, 0.15) is 11.5 Å². The standard InChI is InChI=1S/C11H11N3O4/c1-6-4-11(18-8(3)16)9(13-14-12)5-10(6)17-7(2)15/h4-5H,1-3H3. The molecule has 7 nitrogen and oxygen atoms in total. The Morgan fingerprint density at radius 3 is 2.22 bits per heavy atom. The van der Waals surface area contributed by atoms with Crippen molar-refractivity contribution in [3.63, 3.8) is 0 Å². The van der Waals surface area contributed by atoms with E-state index in [1.807, 2.05) is 0 Å². The summed E-state index contributed by atoms with van der Waals surface area (Å²) in [6, 6.07) is 2.80. The van der Waals surface area contributed by atoms with Gasteiger partial charge in [-0.3, -0.25) is 9.59 Å². The Morgan fingerprint density at radius 2 is 1.72 bits per heavy atom. The fraction of sp³-hybridized carbons (Fsp3) is 0.273. The molecule has 1 aromatic rings. The molecule has 0 amide bonds. The number of carbonyl (C=O) groups excluding carboxylic acids is 2. The van der Waals surface area contributed by atoms with Crippen LogP contribution in [0.5, 0.6) is 11.5 Å². The Hall–Kier alpha value is -2.53. The summed E-state index contributed by atoms with van der Waals surface area (Å²) in [5.74, 6) is -0.663. The lowest BCUT2D eigenvalue weighted by atomic mass is 10.2. The van der Waals surface area contributed by atoms with E-state index in [4.69, 9.17) is 15.0 Å². The zero-order chi connectivity index (χ0) is 13.7. The van der Waals surface area contributed by atoms with Crippen LogP contribution < -0.4 is 9.47 Å². The molecule has 0 aromatic heterocycles. The average Bonchev–Trinajstić information content (AvgIpc) is 2.23. The molecular formula is C11H11N3O4. The third-order valence-corrected chi connectivity index (χ3v) is 1.92. The average molecular weight is 249 g/mol. The van der Waals surface area contributed by atoms with Crippen molar-refractivity contribution in [3.05, 3.63) is 28.1 Å². The zero-order valence-electron chi connectivity index (χ0n) is 10.1. The van der Waals surface area contributed by atoms with Crippen LogP contribution in [0.4, 0.5) is 5.69 Å². The van der Waals surface area contributed by atoms with Gasteiger partial charge in [-0.25, -0.2) is 0 Å². The highest BCUT2D eigenvalue weighted by atomic mass is 16.5. The van der Waals surface area contributed by atoms with Crippen LogP contribution in [0.2, 0.25) is 0 Å². The van der Waals surface area contributed by atoms with E-state index < -0.39 is 11.9 Å². The fourth-order valence-electron chi connectivity index (χ4n) is 1.28. The molecule has 0 aliphatic heterocycles. The molecule has 0 spiro atoms. The van der Waals surface area contributed by atoms with Crippen molar-refractivity contribution in [2.45, 2.75) is 20.8 Å². The molecule has 0 unspecified atom stereocenters. The number of hydrogen-bond acceptors (Lipinski definition) is 5. The number of rotatable bonds is 3. The van der Waals surface area contributed by atoms with Crippen LogP contribution in [0.25, 0.3) is 10.4 Å². The first-order valence-electron chi connectivity index (χ1n) is 5.00. The minimum atomic E-state index is -0.538. The second-order valence-electron chi connectivity index (χ2n) is 3.46. The maximum absolute atomic E-state index is 10.9.